The first-order chi connectivity index (χ1) is 15.2. The summed E-state index contributed by atoms with van der Waals surface area (Å²) in [6, 6.07) is -1.16. The van der Waals surface area contributed by atoms with Crippen molar-refractivity contribution in [3.05, 3.63) is 0 Å². The molecule has 0 amide bonds. The predicted molar refractivity (Wildman–Crippen MR) is 85.7 cm³/mol. The number of ether oxygens (including phenoxy) is 2. The second-order valence-corrected chi connectivity index (χ2v) is 8.83. The minimum absolute atomic E-state index is 0.111. The van der Waals surface area contributed by atoms with Crippen molar-refractivity contribution in [1.29, 1.82) is 0 Å². The standard InChI is InChI=1S/C15H17F17O2Si/c1-3-33-7(34-4-2)35-6-5-8(16,17)9(18,19)10(20,21)11(22,23)12(24,25)13(26,27)14(28,29)15(30,31)32/h7H,3-6,35H2,1-2H3. The molecule has 0 aromatic heterocycles. The third kappa shape index (κ3) is 5.62. The van der Waals surface area contributed by atoms with E-state index in [0.29, 0.717) is 0 Å². The average molecular weight is 580 g/mol. The van der Waals surface area contributed by atoms with E-state index in [2.05, 4.69) is 0 Å². The largest absolute Gasteiger partial charge is 0.460 e. The molecule has 2 nitrogen and oxygen atoms in total. The van der Waals surface area contributed by atoms with Crippen molar-refractivity contribution in [2.45, 2.75) is 79.9 Å². The van der Waals surface area contributed by atoms with Gasteiger partial charge < -0.3 is 9.47 Å². The highest BCUT2D eigenvalue weighted by molar-refractivity contribution is 6.36. The van der Waals surface area contributed by atoms with Gasteiger partial charge in [-0.15, -0.1) is 0 Å². The molecule has 0 rings (SSSR count). The highest BCUT2D eigenvalue weighted by atomic mass is 28.2. The second kappa shape index (κ2) is 10.4. The Bertz CT molecular complexity index is 685. The van der Waals surface area contributed by atoms with Crippen molar-refractivity contribution in [1.82, 2.24) is 0 Å². The SMILES string of the molecule is CCOC(OCC)[SiH2]CCC(F)(F)C(F)(F)C(F)(F)C(F)(F)C(F)(F)C(F)(F)C(F)(F)C(F)(F)F. The van der Waals surface area contributed by atoms with Crippen LogP contribution in [-0.4, -0.2) is 76.3 Å². The summed E-state index contributed by atoms with van der Waals surface area (Å²) in [5.74, 6) is -57.3. The maximum atomic E-state index is 13.8. The van der Waals surface area contributed by atoms with Gasteiger partial charge in [-0.25, -0.2) is 0 Å². The Hall–Kier alpha value is -1.05. The Morgan fingerprint density at radius 2 is 0.829 bits per heavy atom. The lowest BCUT2D eigenvalue weighted by molar-refractivity contribution is -0.461. The molecule has 20 heteroatoms. The molecule has 0 aliphatic heterocycles. The summed E-state index contributed by atoms with van der Waals surface area (Å²) in [4.78, 5) is 0. The van der Waals surface area contributed by atoms with Crippen molar-refractivity contribution in [3.8, 4) is 0 Å². The summed E-state index contributed by atoms with van der Waals surface area (Å²) < 4.78 is 234. The van der Waals surface area contributed by atoms with Gasteiger partial charge in [0.25, 0.3) is 0 Å². The number of halogens is 17. The summed E-state index contributed by atoms with van der Waals surface area (Å²) in [6.07, 6.45) is -10.2. The lowest BCUT2D eigenvalue weighted by Crippen LogP contribution is -2.74. The van der Waals surface area contributed by atoms with Crippen LogP contribution in [0.2, 0.25) is 6.04 Å². The lowest BCUT2D eigenvalue weighted by Gasteiger charge is -2.42. The average Bonchev–Trinajstić information content (AvgIpc) is 2.66. The molecule has 0 N–H and O–H groups in total. The van der Waals surface area contributed by atoms with Crippen LogP contribution in [0.3, 0.4) is 0 Å². The van der Waals surface area contributed by atoms with Crippen LogP contribution in [0.5, 0.6) is 0 Å². The van der Waals surface area contributed by atoms with Crippen LogP contribution in [0, 0.1) is 0 Å². The minimum atomic E-state index is -8.61. The molecular weight excluding hydrogens is 563 g/mol. The van der Waals surface area contributed by atoms with Crippen molar-refractivity contribution >= 4 is 9.52 Å². The van der Waals surface area contributed by atoms with Crippen LogP contribution in [-0.2, 0) is 9.47 Å². The highest BCUT2D eigenvalue weighted by Crippen LogP contribution is 2.64. The normalized spacial score (nSPS) is 16.1. The third-order valence-electron chi connectivity index (χ3n) is 4.42. The molecule has 0 radical (unpaired) electrons. The minimum Gasteiger partial charge on any atom is -0.357 e. The Kier molecular flexibility index (Phi) is 10.1. The first-order valence-electron chi connectivity index (χ1n) is 9.19. The number of rotatable bonds is 14. The molecule has 0 fully saturated rings. The van der Waals surface area contributed by atoms with Crippen LogP contribution in [0.25, 0.3) is 0 Å². The molecule has 212 valence electrons. The summed E-state index contributed by atoms with van der Waals surface area (Å²) >= 11 is 0. The predicted octanol–water partition coefficient (Wildman–Crippen LogP) is 6.33. The molecule has 0 aliphatic carbocycles. The molecule has 0 aliphatic rings. The molecule has 0 heterocycles. The topological polar surface area (TPSA) is 18.5 Å². The summed E-state index contributed by atoms with van der Waals surface area (Å²) in [7, 11) is -2.18. The van der Waals surface area contributed by atoms with Gasteiger partial charge in [0.1, 0.15) is 5.91 Å². The van der Waals surface area contributed by atoms with E-state index in [1.54, 1.807) is 0 Å². The molecule has 0 saturated carbocycles. The van der Waals surface area contributed by atoms with E-state index in [9.17, 15) is 74.6 Å². The van der Waals surface area contributed by atoms with E-state index in [1.165, 1.54) is 13.8 Å². The van der Waals surface area contributed by atoms with Crippen LogP contribution in [0.1, 0.15) is 20.3 Å². The fourth-order valence-corrected chi connectivity index (χ4v) is 4.22. The first kappa shape index (κ1) is 33.9. The monoisotopic (exact) mass is 580 g/mol. The Balaban J connectivity index is 6.21. The molecule has 0 unspecified atom stereocenters. The van der Waals surface area contributed by atoms with Crippen molar-refractivity contribution in [3.63, 3.8) is 0 Å². The maximum Gasteiger partial charge on any atom is 0.460 e. The molecule has 0 saturated heterocycles. The smallest absolute Gasteiger partial charge is 0.357 e. The van der Waals surface area contributed by atoms with E-state index >= 15 is 0 Å². The number of hydrogen-bond donors (Lipinski definition) is 0. The Morgan fingerprint density at radius 1 is 0.514 bits per heavy atom. The first-order valence-corrected chi connectivity index (χ1v) is 11.0. The lowest BCUT2D eigenvalue weighted by atomic mass is 9.88. The zero-order valence-electron chi connectivity index (χ0n) is 17.4. The number of alkyl halides is 17. The fourth-order valence-electron chi connectivity index (χ4n) is 2.43. The maximum absolute atomic E-state index is 13.8. The summed E-state index contributed by atoms with van der Waals surface area (Å²) in [5.41, 5.74) is 0. The van der Waals surface area contributed by atoms with Crippen LogP contribution >= 0.6 is 0 Å². The highest BCUT2D eigenvalue weighted by Gasteiger charge is 2.95. The third-order valence-corrected chi connectivity index (χ3v) is 6.13. The van der Waals surface area contributed by atoms with Gasteiger partial charge in [-0.05, 0) is 13.8 Å². The van der Waals surface area contributed by atoms with Crippen LogP contribution in [0.4, 0.5) is 74.6 Å². The second-order valence-electron chi connectivity index (χ2n) is 6.88. The zero-order chi connectivity index (χ0) is 28.5. The quantitative estimate of drug-likeness (QED) is 0.136. The Morgan fingerprint density at radius 3 is 1.14 bits per heavy atom. The van der Waals surface area contributed by atoms with E-state index in [1.807, 2.05) is 0 Å². The van der Waals surface area contributed by atoms with Gasteiger partial charge in [0.15, 0.2) is 0 Å². The summed E-state index contributed by atoms with van der Waals surface area (Å²) in [6.45, 7) is 2.51. The van der Waals surface area contributed by atoms with E-state index in [0.717, 1.165) is 0 Å². The van der Waals surface area contributed by atoms with Gasteiger partial charge in [-0.3, -0.25) is 0 Å². The van der Waals surface area contributed by atoms with Crippen molar-refractivity contribution < 1.29 is 84.1 Å². The van der Waals surface area contributed by atoms with E-state index in [4.69, 9.17) is 9.47 Å². The summed E-state index contributed by atoms with van der Waals surface area (Å²) in [5, 5.41) is 0. The van der Waals surface area contributed by atoms with Crippen molar-refractivity contribution in [2.75, 3.05) is 13.2 Å². The molecule has 35 heavy (non-hydrogen) atoms. The number of hydrogen-bond acceptors (Lipinski definition) is 2. The van der Waals surface area contributed by atoms with Gasteiger partial charge in [0.2, 0.25) is 0 Å². The van der Waals surface area contributed by atoms with Gasteiger partial charge >= 0.3 is 47.6 Å². The Labute approximate surface area is 187 Å². The van der Waals surface area contributed by atoms with Gasteiger partial charge in [0, 0.05) is 19.6 Å². The molecule has 0 aromatic carbocycles. The van der Waals surface area contributed by atoms with E-state index in [-0.39, 0.29) is 13.2 Å². The molecule has 0 bridgehead atoms. The van der Waals surface area contributed by atoms with Crippen molar-refractivity contribution in [2.24, 2.45) is 0 Å². The zero-order valence-corrected chi connectivity index (χ0v) is 18.8. The molecule has 0 aromatic rings. The van der Waals surface area contributed by atoms with Gasteiger partial charge in [0.05, 0.1) is 9.52 Å². The van der Waals surface area contributed by atoms with Gasteiger partial charge in [-0.1, -0.05) is 6.04 Å². The van der Waals surface area contributed by atoms with E-state index < -0.39 is 75.5 Å². The van der Waals surface area contributed by atoms with Crippen LogP contribution in [0.15, 0.2) is 0 Å². The molecular formula is C15H17F17O2Si. The molecule has 0 spiro atoms. The molecule has 0 atom stereocenters. The van der Waals surface area contributed by atoms with Gasteiger partial charge in [-0.2, -0.15) is 74.6 Å². The van der Waals surface area contributed by atoms with Crippen LogP contribution < -0.4 is 0 Å². The fraction of sp³-hybridized carbons (Fsp3) is 1.00.